The molecule has 3 aromatic carbocycles. The lowest BCUT2D eigenvalue weighted by Crippen LogP contribution is -2.49. The van der Waals surface area contributed by atoms with Gasteiger partial charge in [0.25, 0.3) is 5.69 Å². The van der Waals surface area contributed by atoms with Gasteiger partial charge in [0.15, 0.2) is 0 Å². The van der Waals surface area contributed by atoms with Crippen LogP contribution >= 0.6 is 0 Å². The predicted molar refractivity (Wildman–Crippen MR) is 121 cm³/mol. The van der Waals surface area contributed by atoms with Crippen LogP contribution in [-0.2, 0) is 10.6 Å². The number of hydrogen-bond acceptors (Lipinski definition) is 5. The highest BCUT2D eigenvalue weighted by Gasteiger charge is 2.63. The van der Waals surface area contributed by atoms with Crippen LogP contribution in [0.2, 0.25) is 0 Å². The van der Waals surface area contributed by atoms with Crippen molar-refractivity contribution in [2.75, 3.05) is 13.1 Å². The molecular formula is C26H23N3O3. The van der Waals surface area contributed by atoms with E-state index in [2.05, 4.69) is 58.6 Å². The fraction of sp³-hybridized carbons (Fsp3) is 0.269. The van der Waals surface area contributed by atoms with E-state index in [4.69, 9.17) is 4.84 Å². The lowest BCUT2D eigenvalue weighted by Gasteiger charge is -2.38. The number of nitro benzene ring substituents is 1. The van der Waals surface area contributed by atoms with Gasteiger partial charge >= 0.3 is 0 Å². The van der Waals surface area contributed by atoms with Gasteiger partial charge in [0, 0.05) is 42.3 Å². The molecule has 1 saturated heterocycles. The first-order valence-corrected chi connectivity index (χ1v) is 11.1. The second-order valence-corrected chi connectivity index (χ2v) is 8.72. The molecule has 6 rings (SSSR count). The summed E-state index contributed by atoms with van der Waals surface area (Å²) in [5.41, 5.74) is 4.84. The monoisotopic (exact) mass is 425 g/mol. The van der Waals surface area contributed by atoms with Gasteiger partial charge in [0.05, 0.1) is 16.6 Å². The second kappa shape index (κ2) is 7.28. The van der Waals surface area contributed by atoms with Crippen molar-refractivity contribution in [2.45, 2.75) is 24.5 Å². The third-order valence-electron chi connectivity index (χ3n) is 7.12. The number of rotatable bonds is 4. The van der Waals surface area contributed by atoms with Crippen molar-refractivity contribution in [1.29, 1.82) is 0 Å². The highest BCUT2D eigenvalue weighted by molar-refractivity contribution is 6.05. The first-order valence-electron chi connectivity index (χ1n) is 11.1. The number of nitrogens with zero attached hydrogens (tertiary/aromatic N) is 3. The van der Waals surface area contributed by atoms with Crippen LogP contribution in [0.25, 0.3) is 0 Å². The molecule has 2 heterocycles. The average Bonchev–Trinajstić information content (AvgIpc) is 3.55. The molecule has 0 radical (unpaired) electrons. The summed E-state index contributed by atoms with van der Waals surface area (Å²) in [5.74, 6) is 0.0475. The summed E-state index contributed by atoms with van der Waals surface area (Å²) >= 11 is 0. The topological polar surface area (TPSA) is 68.0 Å². The van der Waals surface area contributed by atoms with Crippen molar-refractivity contribution in [1.82, 2.24) is 4.90 Å². The molecule has 6 nitrogen and oxygen atoms in total. The minimum Gasteiger partial charge on any atom is -0.367 e. The largest absolute Gasteiger partial charge is 0.367 e. The molecule has 160 valence electrons. The van der Waals surface area contributed by atoms with Gasteiger partial charge in [-0.05, 0) is 36.1 Å². The molecule has 32 heavy (non-hydrogen) atoms. The summed E-state index contributed by atoms with van der Waals surface area (Å²) in [6.07, 6.45) is 2.28. The van der Waals surface area contributed by atoms with Crippen LogP contribution in [0.3, 0.4) is 0 Å². The maximum absolute atomic E-state index is 11.2. The Labute approximate surface area is 186 Å². The maximum Gasteiger partial charge on any atom is 0.269 e. The van der Waals surface area contributed by atoms with Gasteiger partial charge in [-0.1, -0.05) is 59.8 Å². The number of benzene rings is 3. The van der Waals surface area contributed by atoms with Gasteiger partial charge < -0.3 is 4.84 Å². The molecule has 2 aliphatic heterocycles. The van der Waals surface area contributed by atoms with E-state index in [0.29, 0.717) is 0 Å². The Hall–Kier alpha value is -3.51. The minimum atomic E-state index is -0.648. The Bertz CT molecular complexity index is 1200. The summed E-state index contributed by atoms with van der Waals surface area (Å²) in [6, 6.07) is 25.8. The van der Waals surface area contributed by atoms with Crippen molar-refractivity contribution >= 4 is 11.4 Å². The molecule has 1 aliphatic carbocycles. The van der Waals surface area contributed by atoms with Crippen molar-refractivity contribution in [3.63, 3.8) is 0 Å². The Morgan fingerprint density at radius 3 is 2.34 bits per heavy atom. The molecule has 0 bridgehead atoms. The van der Waals surface area contributed by atoms with Gasteiger partial charge in [-0.3, -0.25) is 15.0 Å². The van der Waals surface area contributed by atoms with E-state index in [1.807, 2.05) is 6.07 Å². The van der Waals surface area contributed by atoms with E-state index in [9.17, 15) is 10.1 Å². The molecule has 0 amide bonds. The molecule has 3 aliphatic rings. The zero-order valence-corrected chi connectivity index (χ0v) is 17.6. The average molecular weight is 425 g/mol. The van der Waals surface area contributed by atoms with Gasteiger partial charge in [0.2, 0.25) is 5.72 Å². The molecule has 0 saturated carbocycles. The minimum absolute atomic E-state index is 0.0399. The number of nitro groups is 1. The highest BCUT2D eigenvalue weighted by Crippen LogP contribution is 2.59. The van der Waals surface area contributed by atoms with E-state index in [-0.39, 0.29) is 22.4 Å². The van der Waals surface area contributed by atoms with Crippen LogP contribution in [-0.4, -0.2) is 28.6 Å². The number of non-ortho nitro benzene ring substituents is 1. The summed E-state index contributed by atoms with van der Waals surface area (Å²) in [5, 5.41) is 15.8. The van der Waals surface area contributed by atoms with Crippen molar-refractivity contribution < 1.29 is 9.76 Å². The normalized spacial score (nSPS) is 26.3. The van der Waals surface area contributed by atoms with Crippen LogP contribution in [0, 0.1) is 16.0 Å². The molecule has 3 atom stereocenters. The van der Waals surface area contributed by atoms with Gasteiger partial charge in [-0.15, -0.1) is 0 Å². The number of fused-ring (bicyclic) bond motifs is 3. The van der Waals surface area contributed by atoms with Crippen LogP contribution < -0.4 is 0 Å². The zero-order chi connectivity index (χ0) is 21.7. The quantitative estimate of drug-likeness (QED) is 0.434. The summed E-state index contributed by atoms with van der Waals surface area (Å²) in [6.45, 7) is 1.94. The van der Waals surface area contributed by atoms with Crippen LogP contribution in [0.1, 0.15) is 41.0 Å². The first-order chi connectivity index (χ1) is 15.7. The van der Waals surface area contributed by atoms with Crippen LogP contribution in [0.5, 0.6) is 0 Å². The van der Waals surface area contributed by atoms with Gasteiger partial charge in [-0.2, -0.15) is 0 Å². The molecule has 0 spiro atoms. The van der Waals surface area contributed by atoms with Crippen LogP contribution in [0.15, 0.2) is 84.0 Å². The number of likely N-dealkylation sites (tertiary alicyclic amines) is 1. The van der Waals surface area contributed by atoms with Crippen molar-refractivity contribution in [3.8, 4) is 0 Å². The number of oxime groups is 1. The number of hydrogen-bond donors (Lipinski definition) is 0. The summed E-state index contributed by atoms with van der Waals surface area (Å²) in [4.78, 5) is 19.7. The Kier molecular flexibility index (Phi) is 4.36. The molecule has 6 heteroatoms. The molecule has 1 fully saturated rings. The Morgan fingerprint density at radius 2 is 1.62 bits per heavy atom. The molecule has 3 aromatic rings. The molecule has 0 unspecified atom stereocenters. The SMILES string of the molecule is O=[N+]([O-])c1ccc(C2=NO[C@@]3(N4CCCC4)c4ccccc4[C@H](c4ccccc4)[C@@H]23)cc1. The van der Waals surface area contributed by atoms with Crippen molar-refractivity contribution in [3.05, 3.63) is 111 Å². The van der Waals surface area contributed by atoms with Gasteiger partial charge in [-0.25, -0.2) is 0 Å². The van der Waals surface area contributed by atoms with E-state index < -0.39 is 5.72 Å². The third-order valence-corrected chi connectivity index (χ3v) is 7.12. The molecule has 0 N–H and O–H groups in total. The Balaban J connectivity index is 1.54. The fourth-order valence-corrected chi connectivity index (χ4v) is 5.78. The Morgan fingerprint density at radius 1 is 0.938 bits per heavy atom. The smallest absolute Gasteiger partial charge is 0.269 e. The van der Waals surface area contributed by atoms with E-state index in [1.54, 1.807) is 24.3 Å². The highest BCUT2D eigenvalue weighted by atomic mass is 16.7. The first kappa shape index (κ1) is 19.2. The summed E-state index contributed by atoms with van der Waals surface area (Å²) in [7, 11) is 0. The fourth-order valence-electron chi connectivity index (χ4n) is 5.78. The lowest BCUT2D eigenvalue weighted by atomic mass is 9.78. The van der Waals surface area contributed by atoms with Crippen LogP contribution in [0.4, 0.5) is 5.69 Å². The third kappa shape index (κ3) is 2.66. The standard InChI is InChI=1S/C26H23N3O3/c30-29(31)20-14-12-19(13-15-20)25-24-23(18-8-2-1-3-9-18)21-10-4-5-11-22(21)26(24,32-27-25)28-16-6-7-17-28/h1-5,8-15,23-24H,6-7,16-17H2/t23-,24-,26-/m0/s1. The lowest BCUT2D eigenvalue weighted by molar-refractivity contribution is -0.384. The van der Waals surface area contributed by atoms with E-state index >= 15 is 0 Å². The predicted octanol–water partition coefficient (Wildman–Crippen LogP) is 5.04. The maximum atomic E-state index is 11.2. The molecular weight excluding hydrogens is 402 g/mol. The van der Waals surface area contributed by atoms with E-state index in [0.717, 1.165) is 37.2 Å². The zero-order valence-electron chi connectivity index (χ0n) is 17.6. The summed E-state index contributed by atoms with van der Waals surface area (Å²) < 4.78 is 0. The second-order valence-electron chi connectivity index (χ2n) is 8.72. The molecule has 0 aromatic heterocycles. The van der Waals surface area contributed by atoms with Crippen molar-refractivity contribution in [2.24, 2.45) is 11.1 Å². The van der Waals surface area contributed by atoms with E-state index in [1.165, 1.54) is 16.7 Å². The van der Waals surface area contributed by atoms with Gasteiger partial charge in [0.1, 0.15) is 0 Å².